The third-order valence-corrected chi connectivity index (χ3v) is 4.08. The van der Waals surface area contributed by atoms with Crippen molar-refractivity contribution in [1.82, 2.24) is 10.2 Å². The van der Waals surface area contributed by atoms with Gasteiger partial charge in [0.15, 0.2) is 0 Å². The molecule has 0 aliphatic heterocycles. The molecule has 7 heteroatoms. The SMILES string of the molecule is O=C(Nc1nnc(Cc2cccs2)o1)c1cccs1. The van der Waals surface area contributed by atoms with E-state index in [1.165, 1.54) is 11.3 Å². The van der Waals surface area contributed by atoms with E-state index in [1.54, 1.807) is 17.4 Å². The Hall–Kier alpha value is -1.99. The highest BCUT2D eigenvalue weighted by molar-refractivity contribution is 7.12. The molecule has 3 aromatic heterocycles. The number of thiophene rings is 2. The van der Waals surface area contributed by atoms with Crippen LogP contribution in [0.4, 0.5) is 6.01 Å². The standard InChI is InChI=1S/C12H9N3O2S2/c16-11(9-4-2-6-19-9)13-12-15-14-10(17-12)7-8-3-1-5-18-8/h1-6H,7H2,(H,13,15,16). The predicted octanol–water partition coefficient (Wildman–Crippen LogP) is 3.04. The number of nitrogens with zero attached hydrogens (tertiary/aromatic N) is 2. The van der Waals surface area contributed by atoms with Gasteiger partial charge >= 0.3 is 6.01 Å². The molecule has 19 heavy (non-hydrogen) atoms. The number of carbonyl (C=O) groups is 1. The summed E-state index contributed by atoms with van der Waals surface area (Å²) in [6.45, 7) is 0. The monoisotopic (exact) mass is 291 g/mol. The highest BCUT2D eigenvalue weighted by Crippen LogP contribution is 2.16. The summed E-state index contributed by atoms with van der Waals surface area (Å²) >= 11 is 2.99. The van der Waals surface area contributed by atoms with Crippen LogP contribution < -0.4 is 5.32 Å². The summed E-state index contributed by atoms with van der Waals surface area (Å²) < 4.78 is 5.38. The van der Waals surface area contributed by atoms with Crippen molar-refractivity contribution in [3.63, 3.8) is 0 Å². The van der Waals surface area contributed by atoms with Crippen LogP contribution in [-0.4, -0.2) is 16.1 Å². The van der Waals surface area contributed by atoms with Crippen LogP contribution in [0.15, 0.2) is 39.4 Å². The Balaban J connectivity index is 1.66. The van der Waals surface area contributed by atoms with E-state index in [0.717, 1.165) is 4.88 Å². The van der Waals surface area contributed by atoms with Gasteiger partial charge in [-0.15, -0.1) is 27.8 Å². The molecule has 3 aromatic rings. The molecular formula is C12H9N3O2S2. The topological polar surface area (TPSA) is 68.0 Å². The molecule has 96 valence electrons. The first-order valence-electron chi connectivity index (χ1n) is 5.51. The van der Waals surface area contributed by atoms with Gasteiger partial charge < -0.3 is 4.42 Å². The van der Waals surface area contributed by atoms with E-state index in [4.69, 9.17) is 4.42 Å². The quantitative estimate of drug-likeness (QED) is 0.802. The molecule has 0 aliphatic carbocycles. The van der Waals surface area contributed by atoms with Crippen LogP contribution in [0.2, 0.25) is 0 Å². The molecule has 0 saturated carbocycles. The van der Waals surface area contributed by atoms with Crippen molar-refractivity contribution in [3.8, 4) is 0 Å². The Morgan fingerprint density at radius 3 is 2.79 bits per heavy atom. The Labute approximate surface area is 116 Å². The van der Waals surface area contributed by atoms with E-state index in [2.05, 4.69) is 15.5 Å². The number of carbonyl (C=O) groups excluding carboxylic acids is 1. The van der Waals surface area contributed by atoms with Crippen LogP contribution in [-0.2, 0) is 6.42 Å². The largest absolute Gasteiger partial charge is 0.407 e. The molecule has 0 atom stereocenters. The minimum absolute atomic E-state index is 0.130. The molecule has 0 unspecified atom stereocenters. The molecule has 1 amide bonds. The minimum atomic E-state index is -0.235. The first-order valence-corrected chi connectivity index (χ1v) is 7.27. The summed E-state index contributed by atoms with van der Waals surface area (Å²) in [4.78, 5) is 13.5. The fourth-order valence-electron chi connectivity index (χ4n) is 1.50. The van der Waals surface area contributed by atoms with Crippen LogP contribution in [0, 0.1) is 0 Å². The maximum Gasteiger partial charge on any atom is 0.322 e. The van der Waals surface area contributed by atoms with Crippen molar-refractivity contribution in [2.45, 2.75) is 6.42 Å². The van der Waals surface area contributed by atoms with Crippen molar-refractivity contribution in [3.05, 3.63) is 50.7 Å². The first kappa shape index (κ1) is 12.1. The van der Waals surface area contributed by atoms with Crippen molar-refractivity contribution >= 4 is 34.6 Å². The molecule has 0 aromatic carbocycles. The van der Waals surface area contributed by atoms with E-state index < -0.39 is 0 Å². The van der Waals surface area contributed by atoms with Crippen LogP contribution in [0.25, 0.3) is 0 Å². The van der Waals surface area contributed by atoms with E-state index in [0.29, 0.717) is 17.2 Å². The summed E-state index contributed by atoms with van der Waals surface area (Å²) in [7, 11) is 0. The Kier molecular flexibility index (Phi) is 3.39. The zero-order chi connectivity index (χ0) is 13.1. The van der Waals surface area contributed by atoms with Gasteiger partial charge in [-0.1, -0.05) is 17.2 Å². The van der Waals surface area contributed by atoms with Crippen molar-refractivity contribution < 1.29 is 9.21 Å². The third kappa shape index (κ3) is 2.88. The lowest BCUT2D eigenvalue weighted by atomic mass is 10.3. The number of hydrogen-bond donors (Lipinski definition) is 1. The first-order chi connectivity index (χ1) is 9.31. The Morgan fingerprint density at radius 2 is 2.05 bits per heavy atom. The van der Waals surface area contributed by atoms with Gasteiger partial charge in [0.05, 0.1) is 11.3 Å². The van der Waals surface area contributed by atoms with Crippen molar-refractivity contribution in [1.29, 1.82) is 0 Å². The molecule has 0 fully saturated rings. The maximum atomic E-state index is 11.8. The van der Waals surface area contributed by atoms with Gasteiger partial charge in [0.25, 0.3) is 5.91 Å². The van der Waals surface area contributed by atoms with E-state index in [9.17, 15) is 4.79 Å². The summed E-state index contributed by atoms with van der Waals surface area (Å²) in [5.41, 5.74) is 0. The average Bonchev–Trinajstić information content (AvgIpc) is 3.10. The van der Waals surface area contributed by atoms with Gasteiger partial charge in [-0.05, 0) is 22.9 Å². The Morgan fingerprint density at radius 1 is 1.21 bits per heavy atom. The summed E-state index contributed by atoms with van der Waals surface area (Å²) in [6, 6.07) is 7.65. The molecule has 3 heterocycles. The summed E-state index contributed by atoms with van der Waals surface area (Å²) in [5, 5.41) is 14.1. The zero-order valence-corrected chi connectivity index (χ0v) is 11.3. The fourth-order valence-corrected chi connectivity index (χ4v) is 2.82. The fraction of sp³-hybridized carbons (Fsp3) is 0.0833. The maximum absolute atomic E-state index is 11.8. The second-order valence-electron chi connectivity index (χ2n) is 3.69. The predicted molar refractivity (Wildman–Crippen MR) is 73.7 cm³/mol. The minimum Gasteiger partial charge on any atom is -0.407 e. The molecule has 0 spiro atoms. The van der Waals surface area contributed by atoms with Gasteiger partial charge in [-0.25, -0.2) is 0 Å². The van der Waals surface area contributed by atoms with E-state index in [-0.39, 0.29) is 11.9 Å². The number of amides is 1. The molecule has 0 bridgehead atoms. The van der Waals surface area contributed by atoms with E-state index in [1.807, 2.05) is 29.0 Å². The molecule has 0 radical (unpaired) electrons. The molecule has 0 aliphatic rings. The lowest BCUT2D eigenvalue weighted by Crippen LogP contribution is -2.10. The highest BCUT2D eigenvalue weighted by Gasteiger charge is 2.12. The highest BCUT2D eigenvalue weighted by atomic mass is 32.1. The smallest absolute Gasteiger partial charge is 0.322 e. The number of rotatable bonds is 4. The summed E-state index contributed by atoms with van der Waals surface area (Å²) in [6.07, 6.45) is 0.583. The summed E-state index contributed by atoms with van der Waals surface area (Å²) in [5.74, 6) is 0.255. The van der Waals surface area contributed by atoms with Crippen molar-refractivity contribution in [2.75, 3.05) is 5.32 Å². The van der Waals surface area contributed by atoms with Gasteiger partial charge in [-0.3, -0.25) is 10.1 Å². The second-order valence-corrected chi connectivity index (χ2v) is 5.67. The number of nitrogens with one attached hydrogen (secondary N) is 1. The lowest BCUT2D eigenvalue weighted by molar-refractivity contribution is 0.102. The average molecular weight is 291 g/mol. The van der Waals surface area contributed by atoms with Crippen molar-refractivity contribution in [2.24, 2.45) is 0 Å². The molecular weight excluding hydrogens is 282 g/mol. The van der Waals surface area contributed by atoms with Crippen LogP contribution in [0.3, 0.4) is 0 Å². The van der Waals surface area contributed by atoms with E-state index >= 15 is 0 Å². The van der Waals surface area contributed by atoms with Gasteiger partial charge in [-0.2, -0.15) is 0 Å². The molecule has 3 rings (SSSR count). The van der Waals surface area contributed by atoms with Gasteiger partial charge in [0, 0.05) is 4.88 Å². The van der Waals surface area contributed by atoms with Crippen LogP contribution in [0.5, 0.6) is 0 Å². The van der Waals surface area contributed by atoms with Gasteiger partial charge in [0.2, 0.25) is 5.89 Å². The van der Waals surface area contributed by atoms with Gasteiger partial charge in [0.1, 0.15) is 0 Å². The lowest BCUT2D eigenvalue weighted by Gasteiger charge is -1.95. The normalized spacial score (nSPS) is 10.5. The second kappa shape index (κ2) is 5.33. The number of hydrogen-bond acceptors (Lipinski definition) is 6. The van der Waals surface area contributed by atoms with Crippen LogP contribution in [0.1, 0.15) is 20.4 Å². The van der Waals surface area contributed by atoms with Crippen LogP contribution >= 0.6 is 22.7 Å². The number of anilines is 1. The third-order valence-electron chi connectivity index (χ3n) is 2.34. The Bertz CT molecular complexity index is 659. The molecule has 0 saturated heterocycles. The molecule has 5 nitrogen and oxygen atoms in total. The zero-order valence-electron chi connectivity index (χ0n) is 9.70. The number of aromatic nitrogens is 2. The molecule has 1 N–H and O–H groups in total.